The first-order valence-electron chi connectivity index (χ1n) is 9.85. The lowest BCUT2D eigenvalue weighted by molar-refractivity contribution is -0.152. The van der Waals surface area contributed by atoms with Crippen LogP contribution >= 0.6 is 0 Å². The molecular weight excluding hydrogens is 386 g/mol. The van der Waals surface area contributed by atoms with Crippen LogP contribution in [0.2, 0.25) is 0 Å². The van der Waals surface area contributed by atoms with Crippen molar-refractivity contribution in [2.75, 3.05) is 19.6 Å². The van der Waals surface area contributed by atoms with E-state index < -0.39 is 18.2 Å². The summed E-state index contributed by atoms with van der Waals surface area (Å²) in [6.07, 6.45) is -0.151. The van der Waals surface area contributed by atoms with E-state index in [9.17, 15) is 19.5 Å². The highest BCUT2D eigenvalue weighted by molar-refractivity contribution is 5.97. The summed E-state index contributed by atoms with van der Waals surface area (Å²) < 4.78 is 5.35. The summed E-state index contributed by atoms with van der Waals surface area (Å²) >= 11 is 0. The minimum absolute atomic E-state index is 0.108. The lowest BCUT2D eigenvalue weighted by Gasteiger charge is -2.44. The Morgan fingerprint density at radius 3 is 2.50 bits per heavy atom. The molecule has 2 saturated heterocycles. The zero-order valence-electron chi connectivity index (χ0n) is 16.4. The van der Waals surface area contributed by atoms with Gasteiger partial charge in [0.2, 0.25) is 11.8 Å². The lowest BCUT2D eigenvalue weighted by Crippen LogP contribution is -2.70. The lowest BCUT2D eigenvalue weighted by atomic mass is 9.98. The number of nitrogens with one attached hydrogen (secondary N) is 1. The molecule has 30 heavy (non-hydrogen) atoms. The molecule has 2 atom stereocenters. The molecule has 2 heterocycles. The van der Waals surface area contributed by atoms with Crippen LogP contribution in [-0.4, -0.2) is 64.5 Å². The normalized spacial score (nSPS) is 21.1. The number of piperazine rings is 2. The number of hydrogen-bond acceptors (Lipinski definition) is 5. The molecule has 0 unspecified atom stereocenters. The highest BCUT2D eigenvalue weighted by atomic mass is 16.6. The third kappa shape index (κ3) is 4.22. The fourth-order valence-electron chi connectivity index (χ4n) is 3.78. The Hall–Kier alpha value is -3.55. The minimum atomic E-state index is -0.716. The van der Waals surface area contributed by atoms with Crippen molar-refractivity contribution in [1.29, 1.82) is 0 Å². The van der Waals surface area contributed by atoms with E-state index in [2.05, 4.69) is 5.32 Å². The standard InChI is InChI=1S/C22H23N3O5/c26-17-8-6-15(7-9-17)12-18-21(28)25-11-10-24(13-19(25)20(27)23-18)22(29)30-14-16-4-2-1-3-5-16/h1-9,18-19,26H,10-14H2,(H,23,27)/t18-,19+/m0/s1. The predicted octanol–water partition coefficient (Wildman–Crippen LogP) is 1.28. The second-order valence-corrected chi connectivity index (χ2v) is 7.47. The van der Waals surface area contributed by atoms with E-state index in [1.165, 1.54) is 4.90 Å². The molecule has 0 saturated carbocycles. The average molecular weight is 409 g/mol. The minimum Gasteiger partial charge on any atom is -0.508 e. The highest BCUT2D eigenvalue weighted by Crippen LogP contribution is 2.20. The number of phenolic OH excluding ortho intramolecular Hbond substituents is 1. The van der Waals surface area contributed by atoms with Crippen LogP contribution in [0.3, 0.4) is 0 Å². The number of nitrogens with zero attached hydrogens (tertiary/aromatic N) is 2. The van der Waals surface area contributed by atoms with Gasteiger partial charge < -0.3 is 25.0 Å². The number of phenols is 1. The summed E-state index contributed by atoms with van der Waals surface area (Å²) in [5.41, 5.74) is 1.72. The summed E-state index contributed by atoms with van der Waals surface area (Å²) in [4.78, 5) is 41.0. The van der Waals surface area contributed by atoms with Crippen LogP contribution in [0, 0.1) is 0 Å². The molecule has 0 radical (unpaired) electrons. The van der Waals surface area contributed by atoms with Crippen LogP contribution < -0.4 is 5.32 Å². The summed E-state index contributed by atoms with van der Waals surface area (Å²) in [7, 11) is 0. The Morgan fingerprint density at radius 1 is 1.03 bits per heavy atom. The smallest absolute Gasteiger partial charge is 0.410 e. The summed E-state index contributed by atoms with van der Waals surface area (Å²) in [6.45, 7) is 0.861. The van der Waals surface area contributed by atoms with Gasteiger partial charge in [0.25, 0.3) is 0 Å². The fourth-order valence-corrected chi connectivity index (χ4v) is 3.78. The number of rotatable bonds is 4. The Kier molecular flexibility index (Phi) is 5.56. The zero-order chi connectivity index (χ0) is 21.1. The van der Waals surface area contributed by atoms with Gasteiger partial charge in [-0.2, -0.15) is 0 Å². The van der Waals surface area contributed by atoms with Crippen molar-refractivity contribution in [2.24, 2.45) is 0 Å². The second-order valence-electron chi connectivity index (χ2n) is 7.47. The van der Waals surface area contributed by atoms with Gasteiger partial charge in [0.05, 0.1) is 6.54 Å². The molecule has 2 N–H and O–H groups in total. The number of fused-ring (bicyclic) bond motifs is 1. The summed E-state index contributed by atoms with van der Waals surface area (Å²) in [5, 5.41) is 12.2. The van der Waals surface area contributed by atoms with Gasteiger partial charge in [-0.1, -0.05) is 42.5 Å². The molecule has 0 aromatic heterocycles. The molecule has 0 aliphatic carbocycles. The first-order valence-corrected chi connectivity index (χ1v) is 9.85. The van der Waals surface area contributed by atoms with E-state index in [4.69, 9.17) is 4.74 Å². The van der Waals surface area contributed by atoms with Crippen LogP contribution in [0.25, 0.3) is 0 Å². The van der Waals surface area contributed by atoms with Gasteiger partial charge in [-0.15, -0.1) is 0 Å². The molecule has 0 bridgehead atoms. The maximum atomic E-state index is 12.9. The van der Waals surface area contributed by atoms with Crippen LogP contribution in [0.1, 0.15) is 11.1 Å². The SMILES string of the molecule is O=C1N[C@@H](Cc2ccc(O)cc2)C(=O)N2CCN(C(=O)OCc3ccccc3)C[C@H]12. The van der Waals surface area contributed by atoms with Crippen molar-refractivity contribution in [2.45, 2.75) is 25.1 Å². The molecule has 8 heteroatoms. The molecule has 0 spiro atoms. The maximum absolute atomic E-state index is 12.9. The van der Waals surface area contributed by atoms with Crippen molar-refractivity contribution < 1.29 is 24.2 Å². The van der Waals surface area contributed by atoms with Crippen LogP contribution in [0.4, 0.5) is 4.79 Å². The number of ether oxygens (including phenoxy) is 1. The van der Waals surface area contributed by atoms with Crippen molar-refractivity contribution in [3.05, 3.63) is 65.7 Å². The third-order valence-corrected chi connectivity index (χ3v) is 5.42. The second kappa shape index (κ2) is 8.44. The average Bonchev–Trinajstić information content (AvgIpc) is 2.77. The molecule has 2 aromatic carbocycles. The van der Waals surface area contributed by atoms with Crippen molar-refractivity contribution in [1.82, 2.24) is 15.1 Å². The molecule has 2 fully saturated rings. The van der Waals surface area contributed by atoms with Gasteiger partial charge in [-0.3, -0.25) is 9.59 Å². The van der Waals surface area contributed by atoms with Gasteiger partial charge >= 0.3 is 6.09 Å². The van der Waals surface area contributed by atoms with Crippen molar-refractivity contribution in [3.63, 3.8) is 0 Å². The Morgan fingerprint density at radius 2 is 1.77 bits per heavy atom. The third-order valence-electron chi connectivity index (χ3n) is 5.42. The number of aromatic hydroxyl groups is 1. The van der Waals surface area contributed by atoms with Crippen LogP contribution in [0.5, 0.6) is 5.75 Å². The van der Waals surface area contributed by atoms with E-state index in [-0.39, 0.29) is 37.3 Å². The van der Waals surface area contributed by atoms with Crippen molar-refractivity contribution >= 4 is 17.9 Å². The largest absolute Gasteiger partial charge is 0.508 e. The Balaban J connectivity index is 1.36. The highest BCUT2D eigenvalue weighted by Gasteiger charge is 2.44. The molecule has 2 aliphatic heterocycles. The van der Waals surface area contributed by atoms with Crippen LogP contribution in [0.15, 0.2) is 54.6 Å². The van der Waals surface area contributed by atoms with Gasteiger partial charge in [-0.05, 0) is 23.3 Å². The van der Waals surface area contributed by atoms with E-state index in [0.29, 0.717) is 13.0 Å². The van der Waals surface area contributed by atoms with Gasteiger partial charge in [0.1, 0.15) is 24.4 Å². The van der Waals surface area contributed by atoms with Gasteiger partial charge in [0, 0.05) is 19.5 Å². The molecule has 8 nitrogen and oxygen atoms in total. The molecular formula is C22H23N3O5. The van der Waals surface area contributed by atoms with Crippen molar-refractivity contribution in [3.8, 4) is 5.75 Å². The number of amides is 3. The number of benzene rings is 2. The van der Waals surface area contributed by atoms with Crippen LogP contribution in [-0.2, 0) is 27.4 Å². The Labute approximate surface area is 174 Å². The quantitative estimate of drug-likeness (QED) is 0.793. The molecule has 2 aliphatic rings. The monoisotopic (exact) mass is 409 g/mol. The molecule has 2 aromatic rings. The Bertz CT molecular complexity index is 932. The van der Waals surface area contributed by atoms with E-state index >= 15 is 0 Å². The van der Waals surface area contributed by atoms with E-state index in [1.807, 2.05) is 30.3 Å². The predicted molar refractivity (Wildman–Crippen MR) is 107 cm³/mol. The fraction of sp³-hybridized carbons (Fsp3) is 0.318. The van der Waals surface area contributed by atoms with Gasteiger partial charge in [0.15, 0.2) is 0 Å². The number of hydrogen-bond donors (Lipinski definition) is 2. The van der Waals surface area contributed by atoms with Gasteiger partial charge in [-0.25, -0.2) is 4.79 Å². The first-order chi connectivity index (χ1) is 14.5. The maximum Gasteiger partial charge on any atom is 0.410 e. The molecule has 3 amide bonds. The zero-order valence-corrected chi connectivity index (χ0v) is 16.4. The number of carbonyl (C=O) groups excluding carboxylic acids is 3. The summed E-state index contributed by atoms with van der Waals surface area (Å²) in [6, 6.07) is 14.5. The molecule has 4 rings (SSSR count). The topological polar surface area (TPSA) is 99.2 Å². The summed E-state index contributed by atoms with van der Waals surface area (Å²) in [5.74, 6) is -0.294. The molecule has 156 valence electrons. The number of carbonyl (C=O) groups is 3. The first kappa shape index (κ1) is 19.8. The van der Waals surface area contributed by atoms with E-state index in [1.54, 1.807) is 29.2 Å². The van der Waals surface area contributed by atoms with E-state index in [0.717, 1.165) is 11.1 Å².